The maximum Gasteiger partial charge on any atom is 0.266 e. The summed E-state index contributed by atoms with van der Waals surface area (Å²) in [7, 11) is 1.64. The highest BCUT2D eigenvalue weighted by atomic mass is 32.2. The lowest BCUT2D eigenvalue weighted by Gasteiger charge is -2.36. The van der Waals surface area contributed by atoms with E-state index in [4.69, 9.17) is 21.4 Å². The van der Waals surface area contributed by atoms with Gasteiger partial charge in [0.15, 0.2) is 0 Å². The number of hydrogen-bond donors (Lipinski definition) is 0. The molecule has 0 spiro atoms. The summed E-state index contributed by atoms with van der Waals surface area (Å²) in [5.74, 6) is 1.04. The molecule has 0 radical (unpaired) electrons. The second-order valence-electron chi connectivity index (χ2n) is 6.85. The van der Waals surface area contributed by atoms with Crippen LogP contribution in [0.15, 0.2) is 52.0 Å². The van der Waals surface area contributed by atoms with E-state index in [1.165, 1.54) is 16.7 Å². The molecule has 0 unspecified atom stereocenters. The molecule has 2 aromatic rings. The van der Waals surface area contributed by atoms with Crippen molar-refractivity contribution in [3.05, 3.63) is 53.3 Å². The van der Waals surface area contributed by atoms with Gasteiger partial charge >= 0.3 is 0 Å². The zero-order valence-electron chi connectivity index (χ0n) is 16.4. The number of thioether (sulfide) groups is 1. The second kappa shape index (κ2) is 8.93. The van der Waals surface area contributed by atoms with Crippen molar-refractivity contribution < 1.29 is 18.7 Å². The summed E-state index contributed by atoms with van der Waals surface area (Å²) in [5.41, 5.74) is 1.10. The average molecular weight is 444 g/mol. The van der Waals surface area contributed by atoms with Crippen molar-refractivity contribution >= 4 is 51.9 Å². The Balaban J connectivity index is 1.33. The maximum absolute atomic E-state index is 12.8. The first-order chi connectivity index (χ1) is 14.5. The SMILES string of the molecule is COc1ccc(N2CCN(C(=O)CN3C(=O)C(=Cc4ccco4)SC3=S)CC2)cc1. The number of piperazine rings is 1. The summed E-state index contributed by atoms with van der Waals surface area (Å²) < 4.78 is 10.8. The topological polar surface area (TPSA) is 66.2 Å². The molecule has 9 heteroatoms. The molecule has 0 atom stereocenters. The van der Waals surface area contributed by atoms with Crippen LogP contribution in [0.2, 0.25) is 0 Å². The Labute approximate surface area is 184 Å². The third-order valence-electron chi connectivity index (χ3n) is 5.05. The van der Waals surface area contributed by atoms with Crippen LogP contribution in [0.25, 0.3) is 6.08 Å². The molecule has 0 bridgehead atoms. The number of rotatable bonds is 5. The van der Waals surface area contributed by atoms with E-state index >= 15 is 0 Å². The quantitative estimate of drug-likeness (QED) is 0.520. The predicted octanol–water partition coefficient (Wildman–Crippen LogP) is 2.84. The number of ether oxygens (including phenoxy) is 1. The highest BCUT2D eigenvalue weighted by Gasteiger charge is 2.35. The number of hydrogen-bond acceptors (Lipinski definition) is 7. The Hall–Kier alpha value is -2.78. The van der Waals surface area contributed by atoms with E-state index in [9.17, 15) is 9.59 Å². The highest BCUT2D eigenvalue weighted by molar-refractivity contribution is 8.26. The zero-order chi connectivity index (χ0) is 21.1. The van der Waals surface area contributed by atoms with Crippen LogP contribution in [0.4, 0.5) is 5.69 Å². The first-order valence-corrected chi connectivity index (χ1v) is 10.7. The minimum Gasteiger partial charge on any atom is -0.497 e. The van der Waals surface area contributed by atoms with Crippen LogP contribution in [0.3, 0.4) is 0 Å². The standard InChI is InChI=1S/C21H21N3O4S2/c1-27-16-6-4-15(5-7-16)22-8-10-23(11-9-22)19(25)14-24-20(26)18(30-21(24)29)13-17-3-2-12-28-17/h2-7,12-13H,8-11,14H2,1H3. The lowest BCUT2D eigenvalue weighted by atomic mass is 10.2. The Morgan fingerprint density at radius 2 is 1.93 bits per heavy atom. The molecule has 0 saturated carbocycles. The van der Waals surface area contributed by atoms with Gasteiger partial charge in [-0.1, -0.05) is 24.0 Å². The number of carbonyl (C=O) groups is 2. The molecule has 1 aromatic heterocycles. The number of carbonyl (C=O) groups excluding carboxylic acids is 2. The number of furan rings is 1. The molecule has 30 heavy (non-hydrogen) atoms. The van der Waals surface area contributed by atoms with E-state index in [2.05, 4.69) is 4.90 Å². The van der Waals surface area contributed by atoms with Crippen molar-refractivity contribution in [2.24, 2.45) is 0 Å². The molecule has 2 amide bonds. The predicted molar refractivity (Wildman–Crippen MR) is 120 cm³/mol. The van der Waals surface area contributed by atoms with Gasteiger partial charge in [-0.15, -0.1) is 0 Å². The van der Waals surface area contributed by atoms with E-state index in [0.717, 1.165) is 24.5 Å². The summed E-state index contributed by atoms with van der Waals surface area (Å²) in [6.45, 7) is 2.62. The summed E-state index contributed by atoms with van der Waals surface area (Å²) in [6, 6.07) is 11.4. The number of benzene rings is 1. The fourth-order valence-corrected chi connectivity index (χ4v) is 4.62. The van der Waals surface area contributed by atoms with Gasteiger partial charge in [-0.2, -0.15) is 0 Å². The first-order valence-electron chi connectivity index (χ1n) is 9.51. The lowest BCUT2D eigenvalue weighted by Crippen LogP contribution is -2.51. The molecule has 0 aliphatic carbocycles. The van der Waals surface area contributed by atoms with Crippen LogP contribution in [0.5, 0.6) is 5.75 Å². The van der Waals surface area contributed by atoms with Gasteiger partial charge in [-0.3, -0.25) is 14.5 Å². The van der Waals surface area contributed by atoms with Gasteiger partial charge in [-0.05, 0) is 36.4 Å². The molecule has 2 saturated heterocycles. The van der Waals surface area contributed by atoms with Crippen LogP contribution in [0.1, 0.15) is 5.76 Å². The van der Waals surface area contributed by atoms with E-state index < -0.39 is 0 Å². The first kappa shape index (κ1) is 20.5. The van der Waals surface area contributed by atoms with Crippen LogP contribution < -0.4 is 9.64 Å². The fraction of sp³-hybridized carbons (Fsp3) is 0.286. The van der Waals surface area contributed by atoms with Gasteiger partial charge < -0.3 is 19.0 Å². The lowest BCUT2D eigenvalue weighted by molar-refractivity contribution is -0.135. The zero-order valence-corrected chi connectivity index (χ0v) is 18.1. The summed E-state index contributed by atoms with van der Waals surface area (Å²) in [4.78, 5) is 31.3. The molecule has 7 nitrogen and oxygen atoms in total. The number of nitrogens with zero attached hydrogens (tertiary/aromatic N) is 3. The van der Waals surface area contributed by atoms with Gasteiger partial charge in [0.05, 0.1) is 18.3 Å². The minimum absolute atomic E-state index is 0.0390. The van der Waals surface area contributed by atoms with Crippen molar-refractivity contribution in [3.8, 4) is 5.75 Å². The Morgan fingerprint density at radius 1 is 1.20 bits per heavy atom. The number of thiocarbonyl (C=S) groups is 1. The van der Waals surface area contributed by atoms with Crippen LogP contribution in [-0.2, 0) is 9.59 Å². The smallest absolute Gasteiger partial charge is 0.266 e. The van der Waals surface area contributed by atoms with Gasteiger partial charge in [0.1, 0.15) is 22.4 Å². The molecule has 3 heterocycles. The van der Waals surface area contributed by atoms with E-state index in [-0.39, 0.29) is 18.4 Å². The molecule has 1 aromatic carbocycles. The van der Waals surface area contributed by atoms with Gasteiger partial charge in [0, 0.05) is 37.9 Å². The second-order valence-corrected chi connectivity index (χ2v) is 8.52. The Bertz CT molecular complexity index is 965. The third kappa shape index (κ3) is 4.36. The highest BCUT2D eigenvalue weighted by Crippen LogP contribution is 2.32. The van der Waals surface area contributed by atoms with Crippen molar-refractivity contribution in [2.45, 2.75) is 0 Å². The van der Waals surface area contributed by atoms with Crippen LogP contribution in [-0.4, -0.2) is 65.8 Å². The van der Waals surface area contributed by atoms with Crippen LogP contribution >= 0.6 is 24.0 Å². The van der Waals surface area contributed by atoms with Gasteiger partial charge in [0.2, 0.25) is 5.91 Å². The van der Waals surface area contributed by atoms with Crippen molar-refractivity contribution in [1.29, 1.82) is 0 Å². The minimum atomic E-state index is -0.258. The van der Waals surface area contributed by atoms with Crippen molar-refractivity contribution in [1.82, 2.24) is 9.80 Å². The fourth-order valence-electron chi connectivity index (χ4n) is 3.38. The molecule has 4 rings (SSSR count). The Morgan fingerprint density at radius 3 is 2.57 bits per heavy atom. The maximum atomic E-state index is 12.8. The van der Waals surface area contributed by atoms with Gasteiger partial charge in [0.25, 0.3) is 5.91 Å². The van der Waals surface area contributed by atoms with Crippen LogP contribution in [0, 0.1) is 0 Å². The van der Waals surface area contributed by atoms with Gasteiger partial charge in [-0.25, -0.2) is 0 Å². The monoisotopic (exact) mass is 443 g/mol. The number of methoxy groups -OCH3 is 1. The largest absolute Gasteiger partial charge is 0.497 e. The summed E-state index contributed by atoms with van der Waals surface area (Å²) >= 11 is 6.51. The van der Waals surface area contributed by atoms with E-state index in [1.54, 1.807) is 36.5 Å². The molecular formula is C21H21N3O4S2. The molecular weight excluding hydrogens is 422 g/mol. The average Bonchev–Trinajstić information content (AvgIpc) is 3.38. The molecule has 2 aliphatic heterocycles. The molecule has 2 aliphatic rings. The van der Waals surface area contributed by atoms with Crippen molar-refractivity contribution in [3.63, 3.8) is 0 Å². The molecule has 2 fully saturated rings. The summed E-state index contributed by atoms with van der Waals surface area (Å²) in [5, 5.41) is 0. The molecule has 156 valence electrons. The van der Waals surface area contributed by atoms with E-state index in [0.29, 0.717) is 28.1 Å². The number of anilines is 1. The van der Waals surface area contributed by atoms with Crippen molar-refractivity contribution in [2.75, 3.05) is 44.7 Å². The molecule has 0 N–H and O–H groups in total. The number of amides is 2. The normalized spacial score (nSPS) is 18.4. The summed E-state index contributed by atoms with van der Waals surface area (Å²) in [6.07, 6.45) is 3.19. The third-order valence-corrected chi connectivity index (χ3v) is 6.43. The van der Waals surface area contributed by atoms with E-state index in [1.807, 2.05) is 24.3 Å². The Kier molecular flexibility index (Phi) is 6.10.